The molecular weight excluding hydrogens is 200 g/mol. The molecule has 0 saturated heterocycles. The van der Waals surface area contributed by atoms with Crippen LogP contribution in [0.4, 0.5) is 14.7 Å². The van der Waals surface area contributed by atoms with Crippen molar-refractivity contribution in [3.63, 3.8) is 0 Å². The van der Waals surface area contributed by atoms with Gasteiger partial charge in [0, 0.05) is 31.3 Å². The van der Waals surface area contributed by atoms with Gasteiger partial charge in [0.1, 0.15) is 0 Å². The summed E-state index contributed by atoms with van der Waals surface area (Å²) in [5.74, 6) is -2.56. The third-order valence-electron chi connectivity index (χ3n) is 3.13. The van der Waals surface area contributed by atoms with E-state index in [2.05, 4.69) is 4.98 Å². The Morgan fingerprint density at radius 2 is 2.40 bits per heavy atom. The summed E-state index contributed by atoms with van der Waals surface area (Å²) in [6, 6.07) is 0. The monoisotopic (exact) mass is 215 g/mol. The van der Waals surface area contributed by atoms with Gasteiger partial charge in [-0.1, -0.05) is 0 Å². The summed E-state index contributed by atoms with van der Waals surface area (Å²) in [4.78, 5) is 3.85. The van der Waals surface area contributed by atoms with Gasteiger partial charge in [0.15, 0.2) is 5.95 Å². The summed E-state index contributed by atoms with van der Waals surface area (Å²) in [5, 5.41) is 0. The SMILES string of the molecule is Nc1nccn1CCC1CCCC1(F)F. The lowest BCUT2D eigenvalue weighted by atomic mass is 10.0. The minimum atomic E-state index is -2.48. The molecule has 0 aliphatic heterocycles. The number of nitrogens with two attached hydrogens (primary N) is 1. The van der Waals surface area contributed by atoms with E-state index in [1.807, 2.05) is 0 Å². The van der Waals surface area contributed by atoms with Crippen molar-refractivity contribution >= 4 is 5.95 Å². The van der Waals surface area contributed by atoms with Crippen LogP contribution in [0.3, 0.4) is 0 Å². The number of aromatic nitrogens is 2. The zero-order valence-corrected chi connectivity index (χ0v) is 8.50. The van der Waals surface area contributed by atoms with Gasteiger partial charge < -0.3 is 10.3 Å². The van der Waals surface area contributed by atoms with E-state index in [1.54, 1.807) is 17.0 Å². The maximum absolute atomic E-state index is 13.3. The molecule has 3 nitrogen and oxygen atoms in total. The van der Waals surface area contributed by atoms with Gasteiger partial charge in [0.2, 0.25) is 0 Å². The molecule has 0 spiro atoms. The van der Waals surface area contributed by atoms with Crippen LogP contribution in [-0.2, 0) is 6.54 Å². The number of aryl methyl sites for hydroxylation is 1. The number of halogens is 2. The smallest absolute Gasteiger partial charge is 0.251 e. The zero-order chi connectivity index (χ0) is 10.9. The largest absolute Gasteiger partial charge is 0.369 e. The topological polar surface area (TPSA) is 43.8 Å². The van der Waals surface area contributed by atoms with Crippen LogP contribution >= 0.6 is 0 Å². The zero-order valence-electron chi connectivity index (χ0n) is 8.50. The summed E-state index contributed by atoms with van der Waals surface area (Å²) >= 11 is 0. The molecule has 84 valence electrons. The molecule has 2 rings (SSSR count). The second kappa shape index (κ2) is 3.79. The number of rotatable bonds is 3. The molecule has 0 amide bonds. The van der Waals surface area contributed by atoms with Crippen LogP contribution in [0.25, 0.3) is 0 Å². The molecule has 1 aromatic heterocycles. The number of imidazole rings is 1. The van der Waals surface area contributed by atoms with Crippen LogP contribution in [0.1, 0.15) is 25.7 Å². The van der Waals surface area contributed by atoms with Crippen molar-refractivity contribution < 1.29 is 8.78 Å². The van der Waals surface area contributed by atoms with E-state index >= 15 is 0 Å². The number of anilines is 1. The van der Waals surface area contributed by atoms with Crippen molar-refractivity contribution in [1.82, 2.24) is 9.55 Å². The number of alkyl halides is 2. The van der Waals surface area contributed by atoms with Gasteiger partial charge in [-0.05, 0) is 19.3 Å². The molecule has 1 heterocycles. The Bertz CT molecular complexity index is 335. The molecule has 1 unspecified atom stereocenters. The number of nitrogen functional groups attached to an aromatic ring is 1. The lowest BCUT2D eigenvalue weighted by Crippen LogP contribution is -2.23. The lowest BCUT2D eigenvalue weighted by Gasteiger charge is -2.19. The van der Waals surface area contributed by atoms with Gasteiger partial charge >= 0.3 is 0 Å². The Hall–Kier alpha value is -1.13. The normalized spacial score (nSPS) is 24.5. The highest BCUT2D eigenvalue weighted by Gasteiger charge is 2.43. The molecule has 1 atom stereocenters. The summed E-state index contributed by atoms with van der Waals surface area (Å²) < 4.78 is 28.3. The van der Waals surface area contributed by atoms with E-state index in [4.69, 9.17) is 5.73 Å². The predicted molar refractivity (Wildman–Crippen MR) is 53.5 cm³/mol. The fraction of sp³-hybridized carbons (Fsp3) is 0.700. The van der Waals surface area contributed by atoms with Crippen molar-refractivity contribution in [3.05, 3.63) is 12.4 Å². The first-order valence-corrected chi connectivity index (χ1v) is 5.24. The van der Waals surface area contributed by atoms with Crippen molar-refractivity contribution in [2.75, 3.05) is 5.73 Å². The van der Waals surface area contributed by atoms with E-state index in [0.29, 0.717) is 31.8 Å². The highest BCUT2D eigenvalue weighted by Crippen LogP contribution is 2.42. The lowest BCUT2D eigenvalue weighted by molar-refractivity contribution is -0.0405. The molecular formula is C10H15F2N3. The quantitative estimate of drug-likeness (QED) is 0.840. The molecule has 5 heteroatoms. The molecule has 1 aliphatic carbocycles. The third kappa shape index (κ3) is 2.11. The fourth-order valence-electron chi connectivity index (χ4n) is 2.18. The van der Waals surface area contributed by atoms with Gasteiger partial charge in [0.25, 0.3) is 5.92 Å². The van der Waals surface area contributed by atoms with Gasteiger partial charge in [0.05, 0.1) is 0 Å². The highest BCUT2D eigenvalue weighted by atomic mass is 19.3. The Labute approximate surface area is 87.3 Å². The van der Waals surface area contributed by atoms with E-state index < -0.39 is 11.8 Å². The summed E-state index contributed by atoms with van der Waals surface area (Å²) in [5.41, 5.74) is 5.56. The van der Waals surface area contributed by atoms with E-state index in [-0.39, 0.29) is 6.42 Å². The standard InChI is InChI=1S/C10H15F2N3/c11-10(12)4-1-2-8(10)3-6-15-7-5-14-9(15)13/h5,7-8H,1-4,6H2,(H2,13,14). The molecule has 0 radical (unpaired) electrons. The van der Waals surface area contributed by atoms with Gasteiger partial charge in [-0.15, -0.1) is 0 Å². The average molecular weight is 215 g/mol. The van der Waals surface area contributed by atoms with Gasteiger partial charge in [-0.2, -0.15) is 0 Å². The Morgan fingerprint density at radius 1 is 1.60 bits per heavy atom. The predicted octanol–water partition coefficient (Wildman–Crippen LogP) is 2.29. The van der Waals surface area contributed by atoms with Crippen LogP contribution in [0, 0.1) is 5.92 Å². The second-order valence-corrected chi connectivity index (χ2v) is 4.12. The van der Waals surface area contributed by atoms with Crippen LogP contribution in [0.15, 0.2) is 12.4 Å². The third-order valence-corrected chi connectivity index (χ3v) is 3.13. The first-order chi connectivity index (χ1) is 7.09. The molecule has 1 fully saturated rings. The van der Waals surface area contributed by atoms with Crippen molar-refractivity contribution in [3.8, 4) is 0 Å². The summed E-state index contributed by atoms with van der Waals surface area (Å²) in [6.07, 6.45) is 5.09. The highest BCUT2D eigenvalue weighted by molar-refractivity contribution is 5.16. The Balaban J connectivity index is 1.91. The summed E-state index contributed by atoms with van der Waals surface area (Å²) in [7, 11) is 0. The van der Waals surface area contributed by atoms with Crippen LogP contribution in [0.5, 0.6) is 0 Å². The van der Waals surface area contributed by atoms with Crippen LogP contribution in [-0.4, -0.2) is 15.5 Å². The van der Waals surface area contributed by atoms with Crippen molar-refractivity contribution in [2.24, 2.45) is 5.92 Å². The van der Waals surface area contributed by atoms with E-state index in [9.17, 15) is 8.78 Å². The number of hydrogen-bond acceptors (Lipinski definition) is 2. The van der Waals surface area contributed by atoms with Crippen molar-refractivity contribution in [2.45, 2.75) is 38.2 Å². The Kier molecular flexibility index (Phi) is 2.63. The van der Waals surface area contributed by atoms with Crippen molar-refractivity contribution in [1.29, 1.82) is 0 Å². The first-order valence-electron chi connectivity index (χ1n) is 5.24. The second-order valence-electron chi connectivity index (χ2n) is 4.12. The molecule has 1 aliphatic rings. The van der Waals surface area contributed by atoms with E-state index in [1.165, 1.54) is 0 Å². The molecule has 2 N–H and O–H groups in total. The first kappa shape index (κ1) is 10.4. The summed E-state index contributed by atoms with van der Waals surface area (Å²) in [6.45, 7) is 0.534. The molecule has 0 bridgehead atoms. The van der Waals surface area contributed by atoms with Crippen LogP contribution < -0.4 is 5.73 Å². The molecule has 1 saturated carbocycles. The minimum absolute atomic E-state index is 0.0388. The average Bonchev–Trinajstić information content (AvgIpc) is 2.69. The van der Waals surface area contributed by atoms with Gasteiger partial charge in [-0.3, -0.25) is 0 Å². The number of hydrogen-bond donors (Lipinski definition) is 1. The molecule has 1 aromatic rings. The maximum Gasteiger partial charge on any atom is 0.251 e. The maximum atomic E-state index is 13.3. The fourth-order valence-corrected chi connectivity index (χ4v) is 2.18. The van der Waals surface area contributed by atoms with E-state index in [0.717, 1.165) is 0 Å². The molecule has 0 aromatic carbocycles. The van der Waals surface area contributed by atoms with Crippen LogP contribution in [0.2, 0.25) is 0 Å². The number of nitrogens with zero attached hydrogens (tertiary/aromatic N) is 2. The van der Waals surface area contributed by atoms with Gasteiger partial charge in [-0.25, -0.2) is 13.8 Å². The molecule has 15 heavy (non-hydrogen) atoms. The Morgan fingerprint density at radius 3 is 2.93 bits per heavy atom. The minimum Gasteiger partial charge on any atom is -0.369 e.